The number of benzene rings is 2. The maximum Gasteiger partial charge on any atom is 0.149 e. The van der Waals surface area contributed by atoms with Crippen molar-refractivity contribution in [2.24, 2.45) is 5.73 Å². The average molecular weight is 303 g/mol. The number of allylic oxidation sites excluding steroid dienone is 1. The topological polar surface area (TPSA) is 52.3 Å². The van der Waals surface area contributed by atoms with Crippen LogP contribution in [0.25, 0.3) is 6.08 Å². The number of para-hydroxylation sites is 1. The summed E-state index contributed by atoms with van der Waals surface area (Å²) in [7, 11) is 0. The van der Waals surface area contributed by atoms with Crippen molar-refractivity contribution in [3.8, 4) is 5.75 Å². The Morgan fingerprint density at radius 1 is 1.04 bits per heavy atom. The second-order valence-corrected chi connectivity index (χ2v) is 6.01. The van der Waals surface area contributed by atoms with Gasteiger partial charge in [-0.25, -0.2) is 0 Å². The van der Waals surface area contributed by atoms with Gasteiger partial charge in [0.1, 0.15) is 17.8 Å². The Kier molecular flexibility index (Phi) is 3.17. The molecule has 0 radical (unpaired) electrons. The van der Waals surface area contributed by atoms with E-state index in [0.717, 1.165) is 28.7 Å². The SMILES string of the molecule is NC1(c2ccccc2)CCC(C=O)=C2Oc3ccccc3C=C21. The molecule has 1 aliphatic carbocycles. The zero-order valence-corrected chi connectivity index (χ0v) is 12.7. The van der Waals surface area contributed by atoms with E-state index in [0.29, 0.717) is 24.2 Å². The predicted molar refractivity (Wildman–Crippen MR) is 89.7 cm³/mol. The summed E-state index contributed by atoms with van der Waals surface area (Å²) in [5.74, 6) is 1.39. The quantitative estimate of drug-likeness (QED) is 0.863. The van der Waals surface area contributed by atoms with Crippen molar-refractivity contribution in [3.63, 3.8) is 0 Å². The minimum Gasteiger partial charge on any atom is -0.456 e. The monoisotopic (exact) mass is 303 g/mol. The van der Waals surface area contributed by atoms with Crippen LogP contribution < -0.4 is 10.5 Å². The minimum absolute atomic E-state index is 0.615. The third kappa shape index (κ3) is 2.13. The molecule has 1 aliphatic heterocycles. The van der Waals surface area contributed by atoms with Gasteiger partial charge in [-0.3, -0.25) is 4.79 Å². The number of ether oxygens (including phenoxy) is 1. The Labute approximate surface area is 135 Å². The fourth-order valence-electron chi connectivity index (χ4n) is 3.38. The van der Waals surface area contributed by atoms with Gasteiger partial charge in [0.05, 0.1) is 5.54 Å². The van der Waals surface area contributed by atoms with Crippen molar-refractivity contribution >= 4 is 12.4 Å². The van der Waals surface area contributed by atoms with E-state index in [1.807, 2.05) is 54.6 Å². The molecular formula is C20H17NO2. The molecule has 2 aliphatic rings. The largest absolute Gasteiger partial charge is 0.456 e. The first-order valence-electron chi connectivity index (χ1n) is 7.74. The summed E-state index contributed by atoms with van der Waals surface area (Å²) < 4.78 is 6.06. The van der Waals surface area contributed by atoms with Crippen LogP contribution in [0.1, 0.15) is 24.0 Å². The molecule has 2 N–H and O–H groups in total. The normalized spacial score (nSPS) is 22.6. The van der Waals surface area contributed by atoms with Crippen LogP contribution in [0.3, 0.4) is 0 Å². The number of hydrogen-bond acceptors (Lipinski definition) is 3. The summed E-state index contributed by atoms with van der Waals surface area (Å²) in [6.45, 7) is 0. The standard InChI is InChI=1S/C20H17NO2/c21-20(16-7-2-1-3-8-16)11-10-15(13-22)19-17(20)12-14-6-4-5-9-18(14)23-19/h1-9,12-13H,10-11,21H2. The van der Waals surface area contributed by atoms with E-state index in [-0.39, 0.29) is 0 Å². The molecule has 4 rings (SSSR count). The van der Waals surface area contributed by atoms with E-state index in [1.54, 1.807) is 0 Å². The van der Waals surface area contributed by atoms with Gasteiger partial charge in [0.15, 0.2) is 0 Å². The fourth-order valence-corrected chi connectivity index (χ4v) is 3.38. The van der Waals surface area contributed by atoms with E-state index >= 15 is 0 Å². The highest BCUT2D eigenvalue weighted by molar-refractivity contribution is 5.81. The number of aldehydes is 1. The molecule has 1 unspecified atom stereocenters. The molecule has 2 aromatic rings. The maximum atomic E-state index is 11.5. The number of carbonyl (C=O) groups excluding carboxylic acids is 1. The summed E-state index contributed by atoms with van der Waals surface area (Å²) in [5.41, 5.74) is 9.77. The Morgan fingerprint density at radius 2 is 1.78 bits per heavy atom. The average Bonchev–Trinajstić information content (AvgIpc) is 2.62. The van der Waals surface area contributed by atoms with Gasteiger partial charge in [0, 0.05) is 16.7 Å². The lowest BCUT2D eigenvalue weighted by molar-refractivity contribution is -0.105. The van der Waals surface area contributed by atoms with Crippen molar-refractivity contribution in [2.75, 3.05) is 0 Å². The number of rotatable bonds is 2. The third-order valence-electron chi connectivity index (χ3n) is 4.67. The number of hydrogen-bond donors (Lipinski definition) is 1. The van der Waals surface area contributed by atoms with Gasteiger partial charge in [-0.05, 0) is 30.5 Å². The van der Waals surface area contributed by atoms with Crippen LogP contribution in [-0.2, 0) is 10.3 Å². The second-order valence-electron chi connectivity index (χ2n) is 6.01. The Bertz CT molecular complexity index is 836. The molecule has 0 amide bonds. The Balaban J connectivity index is 1.95. The molecule has 3 heteroatoms. The predicted octanol–water partition coefficient (Wildman–Crippen LogP) is 3.56. The van der Waals surface area contributed by atoms with Crippen molar-refractivity contribution in [2.45, 2.75) is 18.4 Å². The second kappa shape index (κ2) is 5.21. The summed E-state index contributed by atoms with van der Waals surface area (Å²) in [6.07, 6.45) is 4.25. The van der Waals surface area contributed by atoms with E-state index in [2.05, 4.69) is 6.08 Å². The summed E-state index contributed by atoms with van der Waals surface area (Å²) in [6, 6.07) is 17.8. The first-order valence-corrected chi connectivity index (χ1v) is 7.74. The molecular weight excluding hydrogens is 286 g/mol. The molecule has 3 nitrogen and oxygen atoms in total. The van der Waals surface area contributed by atoms with Crippen LogP contribution in [0.15, 0.2) is 71.5 Å². The third-order valence-corrected chi connectivity index (χ3v) is 4.67. The fraction of sp³-hybridized carbons (Fsp3) is 0.150. The highest BCUT2D eigenvalue weighted by atomic mass is 16.5. The van der Waals surface area contributed by atoms with Crippen LogP contribution in [0.5, 0.6) is 5.75 Å². The van der Waals surface area contributed by atoms with E-state index in [4.69, 9.17) is 10.5 Å². The van der Waals surface area contributed by atoms with E-state index in [1.165, 1.54) is 0 Å². The molecule has 23 heavy (non-hydrogen) atoms. The molecule has 0 bridgehead atoms. The lowest BCUT2D eigenvalue weighted by Gasteiger charge is -2.39. The van der Waals surface area contributed by atoms with Gasteiger partial charge in [-0.1, -0.05) is 48.5 Å². The summed E-state index contributed by atoms with van der Waals surface area (Å²) in [4.78, 5) is 11.5. The highest BCUT2D eigenvalue weighted by Gasteiger charge is 2.41. The van der Waals surface area contributed by atoms with E-state index < -0.39 is 5.54 Å². The molecule has 0 saturated carbocycles. The lowest BCUT2D eigenvalue weighted by Crippen LogP contribution is -2.43. The number of nitrogens with two attached hydrogens (primary N) is 1. The maximum absolute atomic E-state index is 11.5. The van der Waals surface area contributed by atoms with Gasteiger partial charge in [0.2, 0.25) is 0 Å². The zero-order valence-electron chi connectivity index (χ0n) is 12.7. The molecule has 0 saturated heterocycles. The van der Waals surface area contributed by atoms with Crippen LogP contribution in [0.4, 0.5) is 0 Å². The smallest absolute Gasteiger partial charge is 0.149 e. The lowest BCUT2D eigenvalue weighted by atomic mass is 9.72. The van der Waals surface area contributed by atoms with Gasteiger partial charge >= 0.3 is 0 Å². The molecule has 114 valence electrons. The van der Waals surface area contributed by atoms with Crippen molar-refractivity contribution in [1.29, 1.82) is 0 Å². The van der Waals surface area contributed by atoms with Crippen LogP contribution in [0.2, 0.25) is 0 Å². The summed E-state index contributed by atoms with van der Waals surface area (Å²) >= 11 is 0. The van der Waals surface area contributed by atoms with Crippen molar-refractivity contribution in [1.82, 2.24) is 0 Å². The van der Waals surface area contributed by atoms with Crippen molar-refractivity contribution in [3.05, 3.63) is 82.6 Å². The highest BCUT2D eigenvalue weighted by Crippen LogP contribution is 2.46. The van der Waals surface area contributed by atoms with Gasteiger partial charge in [0.25, 0.3) is 0 Å². The number of carbonyl (C=O) groups is 1. The van der Waals surface area contributed by atoms with Crippen LogP contribution in [-0.4, -0.2) is 6.29 Å². The Hall–Kier alpha value is -2.65. The molecule has 0 fully saturated rings. The zero-order chi connectivity index (χ0) is 15.9. The van der Waals surface area contributed by atoms with Crippen LogP contribution in [0, 0.1) is 0 Å². The Morgan fingerprint density at radius 3 is 2.57 bits per heavy atom. The minimum atomic E-state index is -0.642. The first kappa shape index (κ1) is 14.0. The molecule has 0 aromatic heterocycles. The first-order chi connectivity index (χ1) is 11.2. The molecule has 1 atom stereocenters. The number of fused-ring (bicyclic) bond motifs is 2. The van der Waals surface area contributed by atoms with Gasteiger partial charge in [-0.2, -0.15) is 0 Å². The van der Waals surface area contributed by atoms with Gasteiger partial charge < -0.3 is 10.5 Å². The van der Waals surface area contributed by atoms with E-state index in [9.17, 15) is 4.79 Å². The molecule has 2 aromatic carbocycles. The summed E-state index contributed by atoms with van der Waals surface area (Å²) in [5, 5.41) is 0. The van der Waals surface area contributed by atoms with Crippen LogP contribution >= 0.6 is 0 Å². The molecule has 0 spiro atoms. The molecule has 1 heterocycles. The van der Waals surface area contributed by atoms with Gasteiger partial charge in [-0.15, -0.1) is 0 Å². The van der Waals surface area contributed by atoms with Crippen molar-refractivity contribution < 1.29 is 9.53 Å².